The number of benzene rings is 2. The molecule has 0 unspecified atom stereocenters. The molecule has 0 fully saturated rings. The van der Waals surface area contributed by atoms with Gasteiger partial charge in [0.05, 0.1) is 41.1 Å². The number of nitrogens with zero attached hydrogens (tertiary/aromatic N) is 5. The molecule has 136 valence electrons. The van der Waals surface area contributed by atoms with Crippen LogP contribution >= 0.6 is 0 Å². The highest BCUT2D eigenvalue weighted by molar-refractivity contribution is 5.78. The molecule has 2 aromatic heterocycles. The number of rotatable bonds is 3. The molecule has 0 spiro atoms. The molecule has 0 bridgehead atoms. The number of anilines is 1. The average molecular weight is 366 g/mol. The van der Waals surface area contributed by atoms with Crippen LogP contribution in [0.25, 0.3) is 16.9 Å². The third-order valence-electron chi connectivity index (χ3n) is 5.24. The van der Waals surface area contributed by atoms with Crippen molar-refractivity contribution in [1.29, 1.82) is 5.26 Å². The first-order chi connectivity index (χ1) is 13.8. The molecule has 1 aliphatic rings. The fourth-order valence-corrected chi connectivity index (χ4v) is 3.88. The Hall–Kier alpha value is -3.72. The van der Waals surface area contributed by atoms with Crippen LogP contribution in [-0.2, 0) is 6.42 Å². The lowest BCUT2D eigenvalue weighted by Crippen LogP contribution is -2.18. The van der Waals surface area contributed by atoms with Crippen LogP contribution in [0, 0.1) is 11.3 Å². The number of hydrogen-bond donors (Lipinski definition) is 1. The lowest BCUT2D eigenvalue weighted by molar-refractivity contribution is 0.598. The van der Waals surface area contributed by atoms with Crippen LogP contribution in [0.4, 0.5) is 5.82 Å². The van der Waals surface area contributed by atoms with Crippen molar-refractivity contribution in [3.63, 3.8) is 0 Å². The molecule has 2 aromatic carbocycles. The monoisotopic (exact) mass is 366 g/mol. The topological polar surface area (TPSA) is 79.4 Å². The Kier molecular flexibility index (Phi) is 3.99. The van der Waals surface area contributed by atoms with Crippen LogP contribution in [-0.4, -0.2) is 19.5 Å². The van der Waals surface area contributed by atoms with E-state index >= 15 is 0 Å². The summed E-state index contributed by atoms with van der Waals surface area (Å²) in [5, 5.41) is 12.7. The molecule has 1 atom stereocenters. The summed E-state index contributed by atoms with van der Waals surface area (Å²) in [7, 11) is 0. The van der Waals surface area contributed by atoms with Crippen molar-refractivity contribution in [2.45, 2.75) is 25.3 Å². The molecule has 0 radical (unpaired) electrons. The van der Waals surface area contributed by atoms with Crippen molar-refractivity contribution in [2.24, 2.45) is 0 Å². The summed E-state index contributed by atoms with van der Waals surface area (Å²) in [6.07, 6.45) is 8.53. The van der Waals surface area contributed by atoms with Gasteiger partial charge in [-0.15, -0.1) is 0 Å². The third kappa shape index (κ3) is 2.87. The van der Waals surface area contributed by atoms with E-state index in [2.05, 4.69) is 45.6 Å². The van der Waals surface area contributed by atoms with Crippen molar-refractivity contribution in [1.82, 2.24) is 19.5 Å². The van der Waals surface area contributed by atoms with Crippen molar-refractivity contribution in [2.75, 3.05) is 5.32 Å². The molecule has 0 saturated heterocycles. The van der Waals surface area contributed by atoms with Crippen LogP contribution < -0.4 is 5.32 Å². The van der Waals surface area contributed by atoms with Gasteiger partial charge in [0.2, 0.25) is 0 Å². The van der Waals surface area contributed by atoms with E-state index in [0.29, 0.717) is 11.4 Å². The highest BCUT2D eigenvalue weighted by Crippen LogP contribution is 2.32. The molecular weight excluding hydrogens is 348 g/mol. The number of nitrogens with one attached hydrogen (secondary N) is 1. The van der Waals surface area contributed by atoms with E-state index in [4.69, 9.17) is 4.98 Å². The van der Waals surface area contributed by atoms with Crippen molar-refractivity contribution in [3.05, 3.63) is 77.9 Å². The van der Waals surface area contributed by atoms with Crippen LogP contribution in [0.5, 0.6) is 0 Å². The number of fused-ring (bicyclic) bond motifs is 2. The van der Waals surface area contributed by atoms with Gasteiger partial charge < -0.3 is 5.32 Å². The molecule has 6 heteroatoms. The third-order valence-corrected chi connectivity index (χ3v) is 5.24. The van der Waals surface area contributed by atoms with Crippen LogP contribution in [0.3, 0.4) is 0 Å². The van der Waals surface area contributed by atoms with Gasteiger partial charge in [-0.25, -0.2) is 9.97 Å². The first-order valence-electron chi connectivity index (χ1n) is 9.36. The minimum atomic E-state index is 0.235. The summed E-state index contributed by atoms with van der Waals surface area (Å²) in [4.78, 5) is 13.5. The van der Waals surface area contributed by atoms with Gasteiger partial charge in [-0.1, -0.05) is 24.3 Å². The Bertz CT molecular complexity index is 1200. The van der Waals surface area contributed by atoms with Gasteiger partial charge in [0.25, 0.3) is 0 Å². The van der Waals surface area contributed by atoms with E-state index in [-0.39, 0.29) is 6.04 Å². The summed E-state index contributed by atoms with van der Waals surface area (Å²) in [5.74, 6) is 1.41. The number of imidazole rings is 1. The first-order valence-corrected chi connectivity index (χ1v) is 9.36. The van der Waals surface area contributed by atoms with Crippen LogP contribution in [0.15, 0.2) is 61.2 Å². The fourth-order valence-electron chi connectivity index (χ4n) is 3.88. The molecule has 4 aromatic rings. The molecular formula is C22H18N6. The minimum absolute atomic E-state index is 0.235. The fraction of sp³-hybridized carbons (Fsp3) is 0.182. The van der Waals surface area contributed by atoms with Gasteiger partial charge in [-0.2, -0.15) is 5.26 Å². The highest BCUT2D eigenvalue weighted by atomic mass is 15.2. The lowest BCUT2D eigenvalue weighted by Gasteiger charge is -2.26. The molecule has 0 saturated carbocycles. The van der Waals surface area contributed by atoms with E-state index in [1.807, 2.05) is 16.7 Å². The number of aromatic nitrogens is 4. The SMILES string of the molecule is N#Cc1ccc2ncn(-c3cncc(N[C@H]4CCCc5ccccc54)n3)c2c1. The maximum Gasteiger partial charge on any atom is 0.159 e. The molecule has 0 aliphatic heterocycles. The highest BCUT2D eigenvalue weighted by Gasteiger charge is 2.20. The van der Waals surface area contributed by atoms with E-state index in [1.165, 1.54) is 11.1 Å². The molecule has 28 heavy (non-hydrogen) atoms. The van der Waals surface area contributed by atoms with Gasteiger partial charge in [-0.05, 0) is 48.6 Å². The average Bonchev–Trinajstić information content (AvgIpc) is 3.17. The molecule has 2 heterocycles. The summed E-state index contributed by atoms with van der Waals surface area (Å²) in [6, 6.07) is 16.4. The number of aryl methyl sites for hydroxylation is 1. The van der Waals surface area contributed by atoms with Crippen molar-refractivity contribution < 1.29 is 0 Å². The summed E-state index contributed by atoms with van der Waals surface area (Å²) in [5.41, 5.74) is 5.00. The largest absolute Gasteiger partial charge is 0.362 e. The van der Waals surface area contributed by atoms with Crippen LogP contribution in [0.1, 0.15) is 35.6 Å². The minimum Gasteiger partial charge on any atom is -0.362 e. The zero-order chi connectivity index (χ0) is 18.9. The Labute approximate surface area is 162 Å². The standard InChI is InChI=1S/C22H18N6/c23-11-15-8-9-19-20(10-15)28(14-25-19)22-13-24-12-21(27-22)26-18-7-3-5-16-4-1-2-6-17(16)18/h1-2,4,6,8-10,12-14,18H,3,5,7H2,(H,26,27)/t18-/m0/s1. The van der Waals surface area contributed by atoms with Gasteiger partial charge in [-0.3, -0.25) is 9.55 Å². The van der Waals surface area contributed by atoms with E-state index in [0.717, 1.165) is 36.1 Å². The maximum atomic E-state index is 9.18. The molecule has 6 nitrogen and oxygen atoms in total. The van der Waals surface area contributed by atoms with E-state index in [1.54, 1.807) is 24.8 Å². The van der Waals surface area contributed by atoms with Gasteiger partial charge in [0, 0.05) is 0 Å². The lowest BCUT2D eigenvalue weighted by atomic mass is 9.88. The molecule has 1 N–H and O–H groups in total. The Morgan fingerprint density at radius 2 is 2.07 bits per heavy atom. The zero-order valence-corrected chi connectivity index (χ0v) is 15.2. The first kappa shape index (κ1) is 16.5. The Balaban J connectivity index is 1.49. The van der Waals surface area contributed by atoms with Crippen LogP contribution in [0.2, 0.25) is 0 Å². The Morgan fingerprint density at radius 3 is 3.00 bits per heavy atom. The second kappa shape index (κ2) is 6.78. The second-order valence-corrected chi connectivity index (χ2v) is 6.98. The van der Waals surface area contributed by atoms with Crippen molar-refractivity contribution in [3.8, 4) is 11.9 Å². The summed E-state index contributed by atoms with van der Waals surface area (Å²) in [6.45, 7) is 0. The van der Waals surface area contributed by atoms with E-state index in [9.17, 15) is 5.26 Å². The predicted molar refractivity (Wildman–Crippen MR) is 107 cm³/mol. The number of nitriles is 1. The second-order valence-electron chi connectivity index (χ2n) is 6.98. The predicted octanol–water partition coefficient (Wildman–Crippen LogP) is 4.18. The number of hydrogen-bond acceptors (Lipinski definition) is 5. The van der Waals surface area contributed by atoms with Gasteiger partial charge >= 0.3 is 0 Å². The summed E-state index contributed by atoms with van der Waals surface area (Å²) >= 11 is 0. The maximum absolute atomic E-state index is 9.18. The molecule has 5 rings (SSSR count). The zero-order valence-electron chi connectivity index (χ0n) is 15.2. The van der Waals surface area contributed by atoms with Gasteiger partial charge in [0.15, 0.2) is 5.82 Å². The Morgan fingerprint density at radius 1 is 1.14 bits per heavy atom. The summed E-state index contributed by atoms with van der Waals surface area (Å²) < 4.78 is 1.86. The quantitative estimate of drug-likeness (QED) is 0.588. The molecule has 0 amide bonds. The molecule has 1 aliphatic carbocycles. The van der Waals surface area contributed by atoms with E-state index < -0.39 is 0 Å². The van der Waals surface area contributed by atoms with Crippen molar-refractivity contribution >= 4 is 16.9 Å². The normalized spacial score (nSPS) is 15.8. The van der Waals surface area contributed by atoms with Gasteiger partial charge in [0.1, 0.15) is 12.1 Å². The smallest absolute Gasteiger partial charge is 0.159 e.